The first-order valence-electron chi connectivity index (χ1n) is 8.09. The van der Waals surface area contributed by atoms with E-state index < -0.39 is 0 Å². The van der Waals surface area contributed by atoms with E-state index in [0.29, 0.717) is 12.0 Å². The molecule has 112 valence electrons. The molecular weight excluding hydrogens is 258 g/mol. The van der Waals surface area contributed by atoms with Crippen LogP contribution in [0.25, 0.3) is 10.8 Å². The van der Waals surface area contributed by atoms with Gasteiger partial charge in [-0.25, -0.2) is 0 Å². The fourth-order valence-electron chi connectivity index (χ4n) is 3.64. The third kappa shape index (κ3) is 2.53. The van der Waals surface area contributed by atoms with Crippen LogP contribution in [0.2, 0.25) is 0 Å². The van der Waals surface area contributed by atoms with Crippen LogP contribution in [0.1, 0.15) is 56.2 Å². The third-order valence-electron chi connectivity index (χ3n) is 4.70. The Morgan fingerprint density at radius 1 is 1.19 bits per heavy atom. The van der Waals surface area contributed by atoms with Crippen molar-refractivity contribution in [3.63, 3.8) is 0 Å². The van der Waals surface area contributed by atoms with Gasteiger partial charge in [0.15, 0.2) is 0 Å². The number of methoxy groups -OCH3 is 1. The van der Waals surface area contributed by atoms with Gasteiger partial charge < -0.3 is 10.1 Å². The molecule has 1 aliphatic rings. The van der Waals surface area contributed by atoms with Crippen LogP contribution in [0.15, 0.2) is 30.3 Å². The minimum absolute atomic E-state index is 0.467. The highest BCUT2D eigenvalue weighted by Crippen LogP contribution is 2.44. The van der Waals surface area contributed by atoms with Crippen LogP contribution in [-0.4, -0.2) is 13.7 Å². The standard InChI is InChI=1S/C19H25NO/c1-4-11-20-17-10-9-13(2)19-15-8-6-5-7-14(15)18(21-3)12-16(17)19/h5-8,12-13,17,20H,4,9-11H2,1-3H3. The molecule has 21 heavy (non-hydrogen) atoms. The Morgan fingerprint density at radius 3 is 2.67 bits per heavy atom. The van der Waals surface area contributed by atoms with E-state index in [2.05, 4.69) is 49.5 Å². The number of hydrogen-bond acceptors (Lipinski definition) is 2. The smallest absolute Gasteiger partial charge is 0.127 e. The average molecular weight is 283 g/mol. The molecule has 0 saturated carbocycles. The second kappa shape index (κ2) is 6.07. The summed E-state index contributed by atoms with van der Waals surface area (Å²) in [5.41, 5.74) is 2.96. The van der Waals surface area contributed by atoms with Gasteiger partial charge in [0.1, 0.15) is 5.75 Å². The molecular formula is C19H25NO. The molecule has 0 spiro atoms. The van der Waals surface area contributed by atoms with Crippen LogP contribution < -0.4 is 10.1 Å². The van der Waals surface area contributed by atoms with Crippen LogP contribution in [0.3, 0.4) is 0 Å². The molecule has 1 N–H and O–H groups in total. The zero-order chi connectivity index (χ0) is 14.8. The Labute approximate surface area is 127 Å². The van der Waals surface area contributed by atoms with Gasteiger partial charge in [0.2, 0.25) is 0 Å². The quantitative estimate of drug-likeness (QED) is 0.871. The van der Waals surface area contributed by atoms with Crippen LogP contribution in [0, 0.1) is 0 Å². The zero-order valence-electron chi connectivity index (χ0n) is 13.3. The van der Waals surface area contributed by atoms with E-state index in [9.17, 15) is 0 Å². The molecule has 0 amide bonds. The Bertz CT molecular complexity index is 635. The third-order valence-corrected chi connectivity index (χ3v) is 4.70. The number of hydrogen-bond donors (Lipinski definition) is 1. The fraction of sp³-hybridized carbons (Fsp3) is 0.474. The molecule has 0 saturated heterocycles. The van der Waals surface area contributed by atoms with Gasteiger partial charge in [-0.1, -0.05) is 38.1 Å². The van der Waals surface area contributed by atoms with E-state index in [1.807, 2.05) is 0 Å². The van der Waals surface area contributed by atoms with Crippen molar-refractivity contribution >= 4 is 10.8 Å². The van der Waals surface area contributed by atoms with Gasteiger partial charge in [0, 0.05) is 11.4 Å². The highest BCUT2D eigenvalue weighted by Gasteiger charge is 2.27. The summed E-state index contributed by atoms with van der Waals surface area (Å²) < 4.78 is 5.65. The molecule has 2 aromatic rings. The number of rotatable bonds is 4. The predicted molar refractivity (Wildman–Crippen MR) is 89.2 cm³/mol. The molecule has 2 atom stereocenters. The molecule has 1 aliphatic carbocycles. The molecule has 0 aliphatic heterocycles. The highest BCUT2D eigenvalue weighted by atomic mass is 16.5. The number of benzene rings is 2. The zero-order valence-corrected chi connectivity index (χ0v) is 13.3. The van der Waals surface area contributed by atoms with Crippen LogP contribution in [0.5, 0.6) is 5.75 Å². The summed E-state index contributed by atoms with van der Waals surface area (Å²) >= 11 is 0. The Kier molecular flexibility index (Phi) is 4.16. The maximum atomic E-state index is 5.65. The average Bonchev–Trinajstić information content (AvgIpc) is 2.53. The van der Waals surface area contributed by atoms with E-state index in [1.165, 1.54) is 41.2 Å². The second-order valence-electron chi connectivity index (χ2n) is 6.11. The van der Waals surface area contributed by atoms with Gasteiger partial charge in [0.05, 0.1) is 7.11 Å². The predicted octanol–water partition coefficient (Wildman–Crippen LogP) is 4.79. The van der Waals surface area contributed by atoms with Crippen molar-refractivity contribution in [3.05, 3.63) is 41.5 Å². The topological polar surface area (TPSA) is 21.3 Å². The molecule has 0 fully saturated rings. The lowest BCUT2D eigenvalue weighted by atomic mass is 9.78. The summed E-state index contributed by atoms with van der Waals surface area (Å²) in [5.74, 6) is 1.62. The van der Waals surface area contributed by atoms with Crippen LogP contribution in [0.4, 0.5) is 0 Å². The Morgan fingerprint density at radius 2 is 1.95 bits per heavy atom. The normalized spacial score (nSPS) is 21.3. The van der Waals surface area contributed by atoms with E-state index in [-0.39, 0.29) is 0 Å². The molecule has 0 radical (unpaired) electrons. The van der Waals surface area contributed by atoms with Crippen molar-refractivity contribution in [1.82, 2.24) is 5.32 Å². The van der Waals surface area contributed by atoms with Crippen molar-refractivity contribution in [2.75, 3.05) is 13.7 Å². The van der Waals surface area contributed by atoms with Crippen molar-refractivity contribution < 1.29 is 4.74 Å². The summed E-state index contributed by atoms with van der Waals surface area (Å²) in [4.78, 5) is 0. The first kappa shape index (κ1) is 14.4. The van der Waals surface area contributed by atoms with E-state index in [1.54, 1.807) is 7.11 Å². The maximum absolute atomic E-state index is 5.65. The van der Waals surface area contributed by atoms with Crippen molar-refractivity contribution in [3.8, 4) is 5.75 Å². The number of ether oxygens (including phenoxy) is 1. The van der Waals surface area contributed by atoms with Gasteiger partial charge >= 0.3 is 0 Å². The second-order valence-corrected chi connectivity index (χ2v) is 6.11. The summed E-state index contributed by atoms with van der Waals surface area (Å²) in [7, 11) is 1.77. The lowest BCUT2D eigenvalue weighted by Gasteiger charge is -2.32. The van der Waals surface area contributed by atoms with Crippen LogP contribution in [-0.2, 0) is 0 Å². The fourth-order valence-corrected chi connectivity index (χ4v) is 3.64. The summed E-state index contributed by atoms with van der Waals surface area (Å²) in [5, 5.41) is 6.31. The Balaban J connectivity index is 2.19. The summed E-state index contributed by atoms with van der Waals surface area (Å²) in [6, 6.07) is 11.4. The van der Waals surface area contributed by atoms with Crippen molar-refractivity contribution in [1.29, 1.82) is 0 Å². The highest BCUT2D eigenvalue weighted by molar-refractivity contribution is 5.93. The van der Waals surface area contributed by atoms with Gasteiger partial charge in [-0.3, -0.25) is 0 Å². The number of nitrogens with one attached hydrogen (secondary N) is 1. The largest absolute Gasteiger partial charge is 0.496 e. The molecule has 0 bridgehead atoms. The first-order chi connectivity index (χ1) is 10.3. The molecule has 3 rings (SSSR count). The SMILES string of the molecule is CCCNC1CCC(C)c2c1cc(OC)c1ccccc21. The molecule has 2 heteroatoms. The van der Waals surface area contributed by atoms with Crippen LogP contribution >= 0.6 is 0 Å². The lowest BCUT2D eigenvalue weighted by molar-refractivity contribution is 0.409. The number of fused-ring (bicyclic) bond motifs is 3. The Hall–Kier alpha value is -1.54. The minimum atomic E-state index is 0.467. The van der Waals surface area contributed by atoms with Crippen molar-refractivity contribution in [2.24, 2.45) is 0 Å². The van der Waals surface area contributed by atoms with Gasteiger partial charge in [0.25, 0.3) is 0 Å². The van der Waals surface area contributed by atoms with E-state index in [4.69, 9.17) is 4.74 Å². The van der Waals surface area contributed by atoms with Gasteiger partial charge in [-0.05, 0) is 54.3 Å². The molecule has 0 aromatic heterocycles. The monoisotopic (exact) mass is 283 g/mol. The first-order valence-corrected chi connectivity index (χ1v) is 8.09. The molecule has 2 nitrogen and oxygen atoms in total. The summed E-state index contributed by atoms with van der Waals surface area (Å²) in [6.45, 7) is 5.65. The summed E-state index contributed by atoms with van der Waals surface area (Å²) in [6.07, 6.45) is 3.65. The van der Waals surface area contributed by atoms with Gasteiger partial charge in [-0.2, -0.15) is 0 Å². The van der Waals surface area contributed by atoms with Gasteiger partial charge in [-0.15, -0.1) is 0 Å². The van der Waals surface area contributed by atoms with Crippen molar-refractivity contribution in [2.45, 2.75) is 45.1 Å². The molecule has 2 unspecified atom stereocenters. The lowest BCUT2D eigenvalue weighted by Crippen LogP contribution is -2.27. The maximum Gasteiger partial charge on any atom is 0.127 e. The minimum Gasteiger partial charge on any atom is -0.496 e. The van der Waals surface area contributed by atoms with E-state index in [0.717, 1.165) is 12.3 Å². The van der Waals surface area contributed by atoms with E-state index >= 15 is 0 Å². The molecule has 2 aromatic carbocycles. The molecule has 0 heterocycles.